The summed E-state index contributed by atoms with van der Waals surface area (Å²) in [7, 11) is 2.07. The molecule has 0 heterocycles. The molecule has 1 aromatic carbocycles. The van der Waals surface area contributed by atoms with Crippen molar-refractivity contribution in [3.63, 3.8) is 0 Å². The highest BCUT2D eigenvalue weighted by Gasteiger charge is 2.21. The standard InChI is InChI=1S/C17H24N2O2S/c1-19(15-10-6-3-7-11-15)17(22-13-12-16(20)21)18-14-8-4-2-5-9-14/h2,4-5,8-9,15H,3,6-7,10-13H2,1H3,(H,20,21)/p-1. The molecular weight excluding hydrogens is 296 g/mol. The molecule has 0 saturated heterocycles. The lowest BCUT2D eigenvalue weighted by Crippen LogP contribution is -2.37. The number of carboxylic acid groups (broad SMARTS) is 1. The van der Waals surface area contributed by atoms with E-state index in [2.05, 4.69) is 11.9 Å². The van der Waals surface area contributed by atoms with Crippen LogP contribution in [0.3, 0.4) is 0 Å². The van der Waals surface area contributed by atoms with Gasteiger partial charge in [0.1, 0.15) is 0 Å². The summed E-state index contributed by atoms with van der Waals surface area (Å²) in [6, 6.07) is 10.3. The number of hydrogen-bond acceptors (Lipinski definition) is 4. The van der Waals surface area contributed by atoms with Crippen LogP contribution in [-0.2, 0) is 4.79 Å². The zero-order valence-corrected chi connectivity index (χ0v) is 13.8. The molecule has 0 radical (unpaired) electrons. The third-order valence-corrected chi connectivity index (χ3v) is 4.99. The predicted molar refractivity (Wildman–Crippen MR) is 90.3 cm³/mol. The van der Waals surface area contributed by atoms with Gasteiger partial charge in [0.2, 0.25) is 0 Å². The molecule has 1 aliphatic carbocycles. The molecule has 0 atom stereocenters. The first-order valence-electron chi connectivity index (χ1n) is 7.86. The fraction of sp³-hybridized carbons (Fsp3) is 0.529. The number of carbonyl (C=O) groups excluding carboxylic acids is 1. The van der Waals surface area contributed by atoms with Gasteiger partial charge in [-0.15, -0.1) is 0 Å². The number of hydrogen-bond donors (Lipinski definition) is 0. The summed E-state index contributed by atoms with van der Waals surface area (Å²) in [5.41, 5.74) is 0.904. The van der Waals surface area contributed by atoms with E-state index >= 15 is 0 Å². The number of nitrogens with zero attached hydrogens (tertiary/aromatic N) is 2. The molecule has 22 heavy (non-hydrogen) atoms. The largest absolute Gasteiger partial charge is 0.550 e. The first-order chi connectivity index (χ1) is 10.7. The van der Waals surface area contributed by atoms with Gasteiger partial charge in [-0.25, -0.2) is 4.99 Å². The molecule has 0 spiro atoms. The highest BCUT2D eigenvalue weighted by molar-refractivity contribution is 8.13. The number of amidine groups is 1. The van der Waals surface area contributed by atoms with Gasteiger partial charge in [-0.05, 0) is 31.4 Å². The number of thioether (sulfide) groups is 1. The van der Waals surface area contributed by atoms with Crippen molar-refractivity contribution in [1.29, 1.82) is 0 Å². The summed E-state index contributed by atoms with van der Waals surface area (Å²) in [5.74, 6) is -0.516. The van der Waals surface area contributed by atoms with Crippen molar-refractivity contribution >= 4 is 28.6 Å². The summed E-state index contributed by atoms with van der Waals surface area (Å²) in [6.07, 6.45) is 6.26. The minimum absolute atomic E-state index is 0.0526. The highest BCUT2D eigenvalue weighted by atomic mass is 32.2. The Kier molecular flexibility index (Phi) is 6.77. The lowest BCUT2D eigenvalue weighted by Gasteiger charge is -2.33. The summed E-state index contributed by atoms with van der Waals surface area (Å²) in [5, 5.41) is 11.5. The molecule has 0 aliphatic heterocycles. The maximum absolute atomic E-state index is 10.6. The van der Waals surface area contributed by atoms with Crippen LogP contribution in [0.4, 0.5) is 5.69 Å². The van der Waals surface area contributed by atoms with Gasteiger partial charge in [-0.2, -0.15) is 0 Å². The van der Waals surface area contributed by atoms with Crippen molar-refractivity contribution in [2.24, 2.45) is 4.99 Å². The minimum Gasteiger partial charge on any atom is -0.550 e. The van der Waals surface area contributed by atoms with E-state index in [9.17, 15) is 9.90 Å². The molecule has 5 heteroatoms. The zero-order chi connectivity index (χ0) is 15.8. The third-order valence-electron chi connectivity index (χ3n) is 3.94. The molecule has 1 saturated carbocycles. The van der Waals surface area contributed by atoms with Gasteiger partial charge in [0.05, 0.1) is 5.69 Å². The maximum Gasteiger partial charge on any atom is 0.164 e. The predicted octanol–water partition coefficient (Wildman–Crippen LogP) is 2.81. The van der Waals surface area contributed by atoms with Gasteiger partial charge >= 0.3 is 0 Å². The van der Waals surface area contributed by atoms with Crippen molar-refractivity contribution in [2.75, 3.05) is 12.8 Å². The second-order valence-corrected chi connectivity index (χ2v) is 6.67. The minimum atomic E-state index is -1.01. The van der Waals surface area contributed by atoms with Crippen LogP contribution in [0, 0.1) is 0 Å². The average molecular weight is 319 g/mol. The van der Waals surface area contributed by atoms with Gasteiger partial charge in [-0.1, -0.05) is 49.2 Å². The Hall–Kier alpha value is -1.49. The van der Waals surface area contributed by atoms with Gasteiger partial charge < -0.3 is 14.8 Å². The van der Waals surface area contributed by atoms with Crippen LogP contribution >= 0.6 is 11.8 Å². The second kappa shape index (κ2) is 8.83. The van der Waals surface area contributed by atoms with Gasteiger partial charge in [-0.3, -0.25) is 0 Å². The number of aliphatic carboxylic acids is 1. The van der Waals surface area contributed by atoms with Gasteiger partial charge in [0, 0.05) is 24.8 Å². The van der Waals surface area contributed by atoms with Crippen molar-refractivity contribution in [3.05, 3.63) is 30.3 Å². The first kappa shape index (κ1) is 16.9. The van der Waals surface area contributed by atoms with Crippen LogP contribution in [0.1, 0.15) is 38.5 Å². The van der Waals surface area contributed by atoms with E-state index in [1.54, 1.807) is 0 Å². The van der Waals surface area contributed by atoms with E-state index in [4.69, 9.17) is 4.99 Å². The average Bonchev–Trinajstić information content (AvgIpc) is 2.55. The second-order valence-electron chi connectivity index (χ2n) is 5.60. The summed E-state index contributed by atoms with van der Waals surface area (Å²) >= 11 is 1.50. The van der Waals surface area contributed by atoms with E-state index in [-0.39, 0.29) is 6.42 Å². The SMILES string of the molecule is CN(C(=Nc1ccccc1)SCCC(=O)[O-])C1CCCCC1. The van der Waals surface area contributed by atoms with Crippen molar-refractivity contribution in [1.82, 2.24) is 4.90 Å². The van der Waals surface area contributed by atoms with E-state index in [1.165, 1.54) is 43.9 Å². The third kappa shape index (κ3) is 5.37. The molecule has 0 N–H and O–H groups in total. The van der Waals surface area contributed by atoms with Gasteiger partial charge in [0.15, 0.2) is 5.17 Å². The highest BCUT2D eigenvalue weighted by Crippen LogP contribution is 2.26. The molecule has 0 unspecified atom stereocenters. The lowest BCUT2D eigenvalue weighted by atomic mass is 9.95. The summed E-state index contributed by atoms with van der Waals surface area (Å²) < 4.78 is 0. The summed E-state index contributed by atoms with van der Waals surface area (Å²) in [6.45, 7) is 0. The normalized spacial score (nSPS) is 16.5. The van der Waals surface area contributed by atoms with E-state index in [0.717, 1.165) is 10.9 Å². The van der Waals surface area contributed by atoms with Crippen molar-refractivity contribution < 1.29 is 9.90 Å². The van der Waals surface area contributed by atoms with E-state index in [1.807, 2.05) is 30.3 Å². The zero-order valence-electron chi connectivity index (χ0n) is 13.0. The number of benzene rings is 1. The Balaban J connectivity index is 2.09. The van der Waals surface area contributed by atoms with Crippen LogP contribution in [0.2, 0.25) is 0 Å². The Morgan fingerprint density at radius 3 is 2.59 bits per heavy atom. The number of aliphatic imine (C=N–C) groups is 1. The molecular formula is C17H23N2O2S-. The van der Waals surface area contributed by atoms with Crippen LogP contribution in [-0.4, -0.2) is 34.9 Å². The lowest BCUT2D eigenvalue weighted by molar-refractivity contribution is -0.305. The van der Waals surface area contributed by atoms with Crippen LogP contribution in [0.25, 0.3) is 0 Å². The maximum atomic E-state index is 10.6. The number of carboxylic acids is 1. The number of rotatable bonds is 5. The van der Waals surface area contributed by atoms with E-state index < -0.39 is 5.97 Å². The van der Waals surface area contributed by atoms with E-state index in [0.29, 0.717) is 11.8 Å². The number of para-hydroxylation sites is 1. The topological polar surface area (TPSA) is 55.7 Å². The fourth-order valence-electron chi connectivity index (χ4n) is 2.68. The molecule has 0 bridgehead atoms. The molecule has 1 aliphatic rings. The Morgan fingerprint density at radius 2 is 1.95 bits per heavy atom. The van der Waals surface area contributed by atoms with Crippen molar-refractivity contribution in [3.8, 4) is 0 Å². The molecule has 1 aromatic rings. The smallest absolute Gasteiger partial charge is 0.164 e. The monoisotopic (exact) mass is 319 g/mol. The summed E-state index contributed by atoms with van der Waals surface area (Å²) in [4.78, 5) is 17.6. The van der Waals surface area contributed by atoms with Gasteiger partial charge in [0.25, 0.3) is 0 Å². The Bertz CT molecular complexity index is 499. The van der Waals surface area contributed by atoms with Crippen LogP contribution in [0.15, 0.2) is 35.3 Å². The molecule has 120 valence electrons. The van der Waals surface area contributed by atoms with Crippen LogP contribution < -0.4 is 5.11 Å². The molecule has 0 amide bonds. The molecule has 0 aromatic heterocycles. The molecule has 4 nitrogen and oxygen atoms in total. The molecule has 1 fully saturated rings. The van der Waals surface area contributed by atoms with Crippen LogP contribution in [0.5, 0.6) is 0 Å². The Labute approximate surface area is 136 Å². The van der Waals surface area contributed by atoms with Crippen molar-refractivity contribution in [2.45, 2.75) is 44.6 Å². The quantitative estimate of drug-likeness (QED) is 0.618. The number of carbonyl (C=O) groups is 1. The Morgan fingerprint density at radius 1 is 1.27 bits per heavy atom. The molecule has 2 rings (SSSR count). The first-order valence-corrected chi connectivity index (χ1v) is 8.84. The fourth-order valence-corrected chi connectivity index (χ4v) is 3.65.